The van der Waals surface area contributed by atoms with Gasteiger partial charge >= 0.3 is 0 Å². The summed E-state index contributed by atoms with van der Waals surface area (Å²) < 4.78 is 26.2. The number of pyridine rings is 1. The fraction of sp³-hybridized carbons (Fsp3) is 0.353. The number of aromatic nitrogens is 1. The second-order valence-electron chi connectivity index (χ2n) is 5.57. The van der Waals surface area contributed by atoms with Crippen LogP contribution < -0.4 is 0 Å². The summed E-state index contributed by atoms with van der Waals surface area (Å²) in [6, 6.07) is 7.72. The average molecular weight is 289 g/mol. The van der Waals surface area contributed by atoms with Crippen molar-refractivity contribution in [3.05, 3.63) is 65.0 Å². The van der Waals surface area contributed by atoms with Crippen molar-refractivity contribution in [1.29, 1.82) is 0 Å². The van der Waals surface area contributed by atoms with Crippen LogP contribution in [-0.2, 0) is 12.8 Å². The second kappa shape index (κ2) is 5.90. The molecule has 1 heterocycles. The van der Waals surface area contributed by atoms with Gasteiger partial charge in [-0.3, -0.25) is 4.98 Å². The van der Waals surface area contributed by atoms with Gasteiger partial charge in [0, 0.05) is 17.8 Å². The first-order valence-corrected chi connectivity index (χ1v) is 7.21. The molecule has 4 heteroatoms. The molecule has 110 valence electrons. The summed E-state index contributed by atoms with van der Waals surface area (Å²) in [5.41, 5.74) is 2.72. The zero-order chi connectivity index (χ0) is 14.8. The van der Waals surface area contributed by atoms with Crippen molar-refractivity contribution < 1.29 is 13.9 Å². The van der Waals surface area contributed by atoms with Crippen LogP contribution in [0, 0.1) is 11.6 Å². The van der Waals surface area contributed by atoms with Crippen molar-refractivity contribution in [3.8, 4) is 0 Å². The molecule has 1 N–H and O–H groups in total. The Bertz CT molecular complexity index is 644. The molecule has 0 spiro atoms. The Morgan fingerprint density at radius 1 is 1.24 bits per heavy atom. The van der Waals surface area contributed by atoms with E-state index in [0.29, 0.717) is 12.0 Å². The number of aryl methyl sites for hydroxylation is 1. The smallest absolute Gasteiger partial charge is 0.159 e. The van der Waals surface area contributed by atoms with Crippen LogP contribution in [0.3, 0.4) is 0 Å². The maximum Gasteiger partial charge on any atom is 0.159 e. The molecular formula is C17H17F2NO. The van der Waals surface area contributed by atoms with Crippen molar-refractivity contribution in [3.63, 3.8) is 0 Å². The maximum absolute atomic E-state index is 13.2. The summed E-state index contributed by atoms with van der Waals surface area (Å²) in [6.45, 7) is 0. The summed E-state index contributed by atoms with van der Waals surface area (Å²) in [5, 5.41) is 10.5. The Morgan fingerprint density at radius 2 is 2.10 bits per heavy atom. The van der Waals surface area contributed by atoms with E-state index in [1.807, 2.05) is 12.1 Å². The molecule has 1 aliphatic carbocycles. The standard InChI is InChI=1S/C17H17F2NO/c18-14-7-6-11(9-15(14)19)10-16(21)13-5-1-3-12-4-2-8-20-17(12)13/h2,4,6-9,13,16,21H,1,3,5,10H2. The van der Waals surface area contributed by atoms with Gasteiger partial charge in [0.25, 0.3) is 0 Å². The summed E-state index contributed by atoms with van der Waals surface area (Å²) in [5.74, 6) is -1.78. The van der Waals surface area contributed by atoms with Crippen LogP contribution in [0.4, 0.5) is 8.78 Å². The minimum atomic E-state index is -0.873. The van der Waals surface area contributed by atoms with Crippen LogP contribution in [0.25, 0.3) is 0 Å². The van der Waals surface area contributed by atoms with E-state index < -0.39 is 17.7 Å². The van der Waals surface area contributed by atoms with Crippen LogP contribution in [0.2, 0.25) is 0 Å². The van der Waals surface area contributed by atoms with Crippen LogP contribution in [0.1, 0.15) is 35.6 Å². The number of aliphatic hydroxyl groups is 1. The van der Waals surface area contributed by atoms with E-state index in [9.17, 15) is 13.9 Å². The highest BCUT2D eigenvalue weighted by atomic mass is 19.2. The van der Waals surface area contributed by atoms with Gasteiger partial charge in [-0.2, -0.15) is 0 Å². The van der Waals surface area contributed by atoms with Crippen molar-refractivity contribution >= 4 is 0 Å². The van der Waals surface area contributed by atoms with E-state index in [2.05, 4.69) is 4.98 Å². The third-order valence-electron chi connectivity index (χ3n) is 4.13. The van der Waals surface area contributed by atoms with E-state index in [1.165, 1.54) is 11.6 Å². The third-order valence-corrected chi connectivity index (χ3v) is 4.13. The molecule has 21 heavy (non-hydrogen) atoms. The predicted molar refractivity (Wildman–Crippen MR) is 76.0 cm³/mol. The van der Waals surface area contributed by atoms with Gasteiger partial charge in [-0.25, -0.2) is 8.78 Å². The van der Waals surface area contributed by atoms with Crippen LogP contribution in [-0.4, -0.2) is 16.2 Å². The molecule has 0 amide bonds. The summed E-state index contributed by atoms with van der Waals surface area (Å²) >= 11 is 0. The third kappa shape index (κ3) is 2.95. The Labute approximate surface area is 122 Å². The molecule has 2 atom stereocenters. The van der Waals surface area contributed by atoms with Gasteiger partial charge in [-0.1, -0.05) is 12.1 Å². The molecular weight excluding hydrogens is 272 g/mol. The van der Waals surface area contributed by atoms with E-state index in [0.717, 1.165) is 37.1 Å². The molecule has 1 aromatic heterocycles. The molecule has 2 nitrogen and oxygen atoms in total. The number of halogens is 2. The van der Waals surface area contributed by atoms with Gasteiger partial charge in [0.15, 0.2) is 11.6 Å². The van der Waals surface area contributed by atoms with E-state index in [4.69, 9.17) is 0 Å². The van der Waals surface area contributed by atoms with Gasteiger partial charge in [-0.15, -0.1) is 0 Å². The molecule has 1 aliphatic rings. The van der Waals surface area contributed by atoms with Crippen molar-refractivity contribution in [2.24, 2.45) is 0 Å². The van der Waals surface area contributed by atoms with Gasteiger partial charge < -0.3 is 5.11 Å². The number of nitrogens with zero attached hydrogens (tertiary/aromatic N) is 1. The average Bonchev–Trinajstić information content (AvgIpc) is 2.50. The van der Waals surface area contributed by atoms with E-state index in [1.54, 1.807) is 6.20 Å². The lowest BCUT2D eigenvalue weighted by Crippen LogP contribution is -2.26. The largest absolute Gasteiger partial charge is 0.392 e. The molecule has 0 bridgehead atoms. The summed E-state index contributed by atoms with van der Waals surface area (Å²) in [4.78, 5) is 4.40. The number of aliphatic hydroxyl groups excluding tert-OH is 1. The zero-order valence-electron chi connectivity index (χ0n) is 11.6. The lowest BCUT2D eigenvalue weighted by Gasteiger charge is -2.28. The van der Waals surface area contributed by atoms with Gasteiger partial charge in [0.05, 0.1) is 6.10 Å². The number of fused-ring (bicyclic) bond motifs is 1. The minimum absolute atomic E-state index is 0.0388. The zero-order valence-corrected chi connectivity index (χ0v) is 11.6. The molecule has 0 aliphatic heterocycles. The first-order valence-electron chi connectivity index (χ1n) is 7.21. The second-order valence-corrected chi connectivity index (χ2v) is 5.57. The molecule has 1 aromatic carbocycles. The predicted octanol–water partition coefficient (Wildman–Crippen LogP) is 3.38. The lowest BCUT2D eigenvalue weighted by molar-refractivity contribution is 0.132. The topological polar surface area (TPSA) is 33.1 Å². The molecule has 0 saturated carbocycles. The Morgan fingerprint density at radius 3 is 2.90 bits per heavy atom. The van der Waals surface area contributed by atoms with Crippen LogP contribution in [0.15, 0.2) is 36.5 Å². The summed E-state index contributed by atoms with van der Waals surface area (Å²) in [6.07, 6.45) is 4.27. The fourth-order valence-electron chi connectivity index (χ4n) is 3.07. The lowest BCUT2D eigenvalue weighted by atomic mass is 9.81. The SMILES string of the molecule is OC(Cc1ccc(F)c(F)c1)C1CCCc2cccnc21. The fourth-order valence-corrected chi connectivity index (χ4v) is 3.07. The van der Waals surface area contributed by atoms with Gasteiger partial charge in [0.1, 0.15) is 0 Å². The molecule has 2 unspecified atom stereocenters. The van der Waals surface area contributed by atoms with Crippen molar-refractivity contribution in [2.75, 3.05) is 0 Å². The molecule has 2 aromatic rings. The number of benzene rings is 1. The van der Waals surface area contributed by atoms with E-state index in [-0.39, 0.29) is 5.92 Å². The molecule has 0 saturated heterocycles. The first-order chi connectivity index (χ1) is 10.1. The normalized spacial score (nSPS) is 19.1. The Hall–Kier alpha value is -1.81. The number of hydrogen-bond donors (Lipinski definition) is 1. The van der Waals surface area contributed by atoms with Gasteiger partial charge in [0.2, 0.25) is 0 Å². The highest BCUT2D eigenvalue weighted by Crippen LogP contribution is 2.33. The minimum Gasteiger partial charge on any atom is -0.392 e. The van der Waals surface area contributed by atoms with Crippen molar-refractivity contribution in [1.82, 2.24) is 4.98 Å². The number of rotatable bonds is 3. The first kappa shape index (κ1) is 14.1. The molecule has 0 radical (unpaired) electrons. The molecule has 0 fully saturated rings. The quantitative estimate of drug-likeness (QED) is 0.939. The van der Waals surface area contributed by atoms with Crippen LogP contribution >= 0.6 is 0 Å². The highest BCUT2D eigenvalue weighted by Gasteiger charge is 2.27. The highest BCUT2D eigenvalue weighted by molar-refractivity contribution is 5.28. The van der Waals surface area contributed by atoms with E-state index >= 15 is 0 Å². The van der Waals surface area contributed by atoms with Crippen LogP contribution in [0.5, 0.6) is 0 Å². The molecule has 3 rings (SSSR count). The Balaban J connectivity index is 1.80. The monoisotopic (exact) mass is 289 g/mol. The Kier molecular flexibility index (Phi) is 3.97. The van der Waals surface area contributed by atoms with Crippen molar-refractivity contribution in [2.45, 2.75) is 37.7 Å². The van der Waals surface area contributed by atoms with Gasteiger partial charge in [-0.05, 0) is 55.0 Å². The maximum atomic E-state index is 13.2. The summed E-state index contributed by atoms with van der Waals surface area (Å²) in [7, 11) is 0. The number of hydrogen-bond acceptors (Lipinski definition) is 2.